The molecule has 3 nitrogen and oxygen atoms in total. The molecule has 0 bridgehead atoms. The normalized spacial score (nSPS) is 20.3. The summed E-state index contributed by atoms with van der Waals surface area (Å²) >= 11 is 0. The van der Waals surface area contributed by atoms with E-state index in [1.165, 1.54) is 0 Å². The Kier molecular flexibility index (Phi) is 3.43. The van der Waals surface area contributed by atoms with Crippen molar-refractivity contribution in [2.75, 3.05) is 33.0 Å². The molecule has 0 aromatic heterocycles. The summed E-state index contributed by atoms with van der Waals surface area (Å²) < 4.78 is 10.4. The summed E-state index contributed by atoms with van der Waals surface area (Å²) in [6, 6.07) is 0. The van der Waals surface area contributed by atoms with Gasteiger partial charge in [-0.3, -0.25) is 0 Å². The van der Waals surface area contributed by atoms with Crippen LogP contribution in [0.3, 0.4) is 0 Å². The zero-order valence-electron chi connectivity index (χ0n) is 6.01. The van der Waals surface area contributed by atoms with Crippen molar-refractivity contribution >= 4 is 0 Å². The Labute approximate surface area is 60.8 Å². The lowest BCUT2D eigenvalue weighted by Crippen LogP contribution is -2.02. The van der Waals surface area contributed by atoms with Gasteiger partial charge in [-0.15, -0.1) is 0 Å². The van der Waals surface area contributed by atoms with Crippen LogP contribution in [0.2, 0.25) is 0 Å². The van der Waals surface area contributed by atoms with Gasteiger partial charge in [-0.05, 0) is 5.57 Å². The molecule has 2 N–H and O–H groups in total. The summed E-state index contributed by atoms with van der Waals surface area (Å²) in [6.07, 6.45) is 1.95. The standard InChI is InChI=1S/C7H13NO2/c8-2-1-7-5-9-3-4-10-6-7/h1H,2-6,8H2. The van der Waals surface area contributed by atoms with Crippen LogP contribution in [0.4, 0.5) is 0 Å². The Morgan fingerprint density at radius 3 is 2.40 bits per heavy atom. The van der Waals surface area contributed by atoms with Crippen molar-refractivity contribution in [1.82, 2.24) is 0 Å². The van der Waals surface area contributed by atoms with Gasteiger partial charge in [-0.25, -0.2) is 0 Å². The van der Waals surface area contributed by atoms with Gasteiger partial charge < -0.3 is 15.2 Å². The Bertz CT molecular complexity index is 113. The Morgan fingerprint density at radius 1 is 1.30 bits per heavy atom. The Balaban J connectivity index is 2.35. The molecule has 58 valence electrons. The molecular formula is C7H13NO2. The first-order valence-corrected chi connectivity index (χ1v) is 3.47. The quantitative estimate of drug-likeness (QED) is 0.522. The maximum absolute atomic E-state index is 5.32. The molecule has 0 aromatic rings. The molecule has 0 atom stereocenters. The van der Waals surface area contributed by atoms with Crippen LogP contribution >= 0.6 is 0 Å². The molecule has 0 radical (unpaired) electrons. The van der Waals surface area contributed by atoms with Gasteiger partial charge in [0.2, 0.25) is 0 Å². The second-order valence-corrected chi connectivity index (χ2v) is 2.20. The Hall–Kier alpha value is -0.380. The Morgan fingerprint density at radius 2 is 1.90 bits per heavy atom. The van der Waals surface area contributed by atoms with Gasteiger partial charge in [0.25, 0.3) is 0 Å². The van der Waals surface area contributed by atoms with E-state index in [0.29, 0.717) is 33.0 Å². The van der Waals surface area contributed by atoms with Crippen LogP contribution in [0, 0.1) is 0 Å². The zero-order chi connectivity index (χ0) is 7.23. The van der Waals surface area contributed by atoms with Crippen LogP contribution in [0.5, 0.6) is 0 Å². The third-order valence-electron chi connectivity index (χ3n) is 1.35. The molecule has 0 unspecified atom stereocenters. The molecule has 1 saturated heterocycles. The summed E-state index contributed by atoms with van der Waals surface area (Å²) in [7, 11) is 0. The van der Waals surface area contributed by atoms with Gasteiger partial charge in [0.05, 0.1) is 26.4 Å². The lowest BCUT2D eigenvalue weighted by atomic mass is 10.3. The van der Waals surface area contributed by atoms with Crippen molar-refractivity contribution in [1.29, 1.82) is 0 Å². The largest absolute Gasteiger partial charge is 0.375 e. The van der Waals surface area contributed by atoms with Crippen molar-refractivity contribution in [3.05, 3.63) is 11.6 Å². The average molecular weight is 143 g/mol. The van der Waals surface area contributed by atoms with E-state index in [0.717, 1.165) is 5.57 Å². The molecular weight excluding hydrogens is 130 g/mol. The van der Waals surface area contributed by atoms with Crippen LogP contribution in [-0.4, -0.2) is 33.0 Å². The van der Waals surface area contributed by atoms with Gasteiger partial charge in [0, 0.05) is 6.54 Å². The van der Waals surface area contributed by atoms with Crippen molar-refractivity contribution in [2.45, 2.75) is 0 Å². The molecule has 10 heavy (non-hydrogen) atoms. The predicted molar refractivity (Wildman–Crippen MR) is 38.8 cm³/mol. The first-order chi connectivity index (χ1) is 4.93. The first-order valence-electron chi connectivity index (χ1n) is 3.47. The van der Waals surface area contributed by atoms with Gasteiger partial charge in [0.15, 0.2) is 0 Å². The van der Waals surface area contributed by atoms with E-state index in [-0.39, 0.29) is 0 Å². The second kappa shape index (κ2) is 4.44. The topological polar surface area (TPSA) is 44.5 Å². The number of rotatable bonds is 1. The maximum atomic E-state index is 5.32. The van der Waals surface area contributed by atoms with E-state index in [1.807, 2.05) is 6.08 Å². The van der Waals surface area contributed by atoms with Gasteiger partial charge in [-0.2, -0.15) is 0 Å². The van der Waals surface area contributed by atoms with Crippen molar-refractivity contribution in [3.8, 4) is 0 Å². The van der Waals surface area contributed by atoms with E-state index < -0.39 is 0 Å². The summed E-state index contributed by atoms with van der Waals surface area (Å²) in [6.45, 7) is 3.32. The van der Waals surface area contributed by atoms with E-state index in [4.69, 9.17) is 15.2 Å². The highest BCUT2D eigenvalue weighted by Gasteiger charge is 2.02. The van der Waals surface area contributed by atoms with Crippen LogP contribution in [0.25, 0.3) is 0 Å². The summed E-state index contributed by atoms with van der Waals surface area (Å²) in [4.78, 5) is 0. The van der Waals surface area contributed by atoms with Gasteiger partial charge in [-0.1, -0.05) is 6.08 Å². The molecule has 0 amide bonds. The van der Waals surface area contributed by atoms with Crippen molar-refractivity contribution < 1.29 is 9.47 Å². The number of nitrogens with two attached hydrogens (primary N) is 1. The summed E-state index contributed by atoms with van der Waals surface area (Å²) in [5.41, 5.74) is 6.48. The minimum atomic E-state index is 0.571. The fourth-order valence-electron chi connectivity index (χ4n) is 0.851. The third kappa shape index (κ3) is 2.47. The fourth-order valence-corrected chi connectivity index (χ4v) is 0.851. The number of hydrogen-bond acceptors (Lipinski definition) is 3. The smallest absolute Gasteiger partial charge is 0.0705 e. The molecule has 0 spiro atoms. The highest BCUT2D eigenvalue weighted by atomic mass is 16.5. The minimum Gasteiger partial charge on any atom is -0.375 e. The van der Waals surface area contributed by atoms with E-state index in [9.17, 15) is 0 Å². The van der Waals surface area contributed by atoms with Crippen molar-refractivity contribution in [3.63, 3.8) is 0 Å². The van der Waals surface area contributed by atoms with Crippen LogP contribution in [0.15, 0.2) is 11.6 Å². The molecule has 0 saturated carbocycles. The van der Waals surface area contributed by atoms with E-state index in [1.54, 1.807) is 0 Å². The molecule has 0 aromatic carbocycles. The fraction of sp³-hybridized carbons (Fsp3) is 0.714. The van der Waals surface area contributed by atoms with Gasteiger partial charge >= 0.3 is 0 Å². The summed E-state index contributed by atoms with van der Waals surface area (Å²) in [5.74, 6) is 0. The maximum Gasteiger partial charge on any atom is 0.0705 e. The van der Waals surface area contributed by atoms with Crippen LogP contribution < -0.4 is 5.73 Å². The molecule has 1 aliphatic heterocycles. The number of ether oxygens (including phenoxy) is 2. The van der Waals surface area contributed by atoms with E-state index >= 15 is 0 Å². The predicted octanol–water partition coefficient (Wildman–Crippen LogP) is -0.0817. The lowest BCUT2D eigenvalue weighted by molar-refractivity contribution is 0.103. The average Bonchev–Trinajstić information content (AvgIpc) is 2.17. The molecule has 3 heteroatoms. The monoisotopic (exact) mass is 143 g/mol. The SMILES string of the molecule is NCC=C1COCCOC1. The molecule has 1 heterocycles. The summed E-state index contributed by atoms with van der Waals surface area (Å²) in [5, 5.41) is 0. The highest BCUT2D eigenvalue weighted by molar-refractivity contribution is 5.04. The molecule has 1 fully saturated rings. The van der Waals surface area contributed by atoms with Gasteiger partial charge in [0.1, 0.15) is 0 Å². The molecule has 1 rings (SSSR count). The second-order valence-electron chi connectivity index (χ2n) is 2.20. The molecule has 0 aliphatic carbocycles. The van der Waals surface area contributed by atoms with Crippen LogP contribution in [0.1, 0.15) is 0 Å². The van der Waals surface area contributed by atoms with Crippen LogP contribution in [-0.2, 0) is 9.47 Å². The van der Waals surface area contributed by atoms with E-state index in [2.05, 4.69) is 0 Å². The molecule has 1 aliphatic rings. The van der Waals surface area contributed by atoms with Crippen molar-refractivity contribution in [2.24, 2.45) is 5.73 Å². The minimum absolute atomic E-state index is 0.571. The number of hydrogen-bond donors (Lipinski definition) is 1. The zero-order valence-corrected chi connectivity index (χ0v) is 6.01. The third-order valence-corrected chi connectivity index (χ3v) is 1.35. The lowest BCUT2D eigenvalue weighted by Gasteiger charge is -1.99. The highest BCUT2D eigenvalue weighted by Crippen LogP contribution is 2.00. The first kappa shape index (κ1) is 7.72.